The van der Waals surface area contributed by atoms with Crippen LogP contribution in [-0.2, 0) is 0 Å². The van der Waals surface area contributed by atoms with Crippen LogP contribution in [0.3, 0.4) is 0 Å². The van der Waals surface area contributed by atoms with Crippen molar-refractivity contribution < 1.29 is 0 Å². The van der Waals surface area contributed by atoms with Crippen LogP contribution in [0.5, 0.6) is 0 Å². The maximum Gasteiger partial charge on any atom is 0.191 e. The fourth-order valence-corrected chi connectivity index (χ4v) is 2.68. The first kappa shape index (κ1) is 15.6. The van der Waals surface area contributed by atoms with E-state index in [0.717, 1.165) is 37.4 Å². The molecule has 1 saturated carbocycles. The van der Waals surface area contributed by atoms with Gasteiger partial charge in [0.05, 0.1) is 0 Å². The largest absolute Gasteiger partial charge is 0.356 e. The van der Waals surface area contributed by atoms with E-state index < -0.39 is 0 Å². The predicted molar refractivity (Wildman–Crippen MR) is 82.6 cm³/mol. The van der Waals surface area contributed by atoms with Crippen molar-refractivity contribution in [3.63, 3.8) is 0 Å². The van der Waals surface area contributed by atoms with Crippen molar-refractivity contribution in [1.29, 1.82) is 0 Å². The number of guanidine groups is 1. The monoisotopic (exact) mass is 272 g/mol. The topological polar surface area (TPSA) is 39.7 Å². The van der Waals surface area contributed by atoms with Crippen LogP contribution >= 0.6 is 11.8 Å². The van der Waals surface area contributed by atoms with Gasteiger partial charge in [-0.25, -0.2) is 0 Å². The maximum atomic E-state index is 4.22. The third-order valence-electron chi connectivity index (χ3n) is 3.53. The Morgan fingerprint density at radius 1 is 1.28 bits per heavy atom. The number of likely N-dealkylation sites (N-methyl/N-ethyl adjacent to an activating group) is 1. The van der Waals surface area contributed by atoms with Gasteiger partial charge in [0.1, 0.15) is 0 Å². The van der Waals surface area contributed by atoms with Gasteiger partial charge in [0.15, 0.2) is 5.96 Å². The number of hydrogen-bond donors (Lipinski definition) is 2. The van der Waals surface area contributed by atoms with Crippen LogP contribution in [0.1, 0.15) is 25.7 Å². The van der Waals surface area contributed by atoms with E-state index in [9.17, 15) is 0 Å². The summed E-state index contributed by atoms with van der Waals surface area (Å²) < 4.78 is 0. The van der Waals surface area contributed by atoms with Crippen molar-refractivity contribution in [2.45, 2.75) is 31.7 Å². The number of aliphatic imine (C=N–C) groups is 1. The first-order valence-corrected chi connectivity index (χ1v) is 8.31. The lowest BCUT2D eigenvalue weighted by Gasteiger charge is -2.24. The van der Waals surface area contributed by atoms with Crippen molar-refractivity contribution in [2.75, 3.05) is 45.7 Å². The Hall–Kier alpha value is -0.420. The molecule has 1 aliphatic carbocycles. The van der Waals surface area contributed by atoms with E-state index in [-0.39, 0.29) is 0 Å². The van der Waals surface area contributed by atoms with Gasteiger partial charge in [-0.1, -0.05) is 12.8 Å². The quantitative estimate of drug-likeness (QED) is 0.417. The summed E-state index contributed by atoms with van der Waals surface area (Å²) >= 11 is 1.85. The average molecular weight is 272 g/mol. The summed E-state index contributed by atoms with van der Waals surface area (Å²) in [5.74, 6) is 2.03. The van der Waals surface area contributed by atoms with Gasteiger partial charge in [-0.15, -0.1) is 0 Å². The molecule has 0 atom stereocenters. The van der Waals surface area contributed by atoms with E-state index in [1.807, 2.05) is 18.8 Å². The van der Waals surface area contributed by atoms with Crippen molar-refractivity contribution >= 4 is 17.7 Å². The molecule has 1 fully saturated rings. The van der Waals surface area contributed by atoms with E-state index in [0.29, 0.717) is 0 Å². The van der Waals surface area contributed by atoms with Gasteiger partial charge < -0.3 is 15.5 Å². The van der Waals surface area contributed by atoms with E-state index >= 15 is 0 Å². The summed E-state index contributed by atoms with van der Waals surface area (Å²) in [5, 5.41) is 6.68. The molecule has 1 rings (SSSR count). The van der Waals surface area contributed by atoms with Gasteiger partial charge in [0, 0.05) is 38.5 Å². The van der Waals surface area contributed by atoms with E-state index in [1.165, 1.54) is 25.7 Å². The highest BCUT2D eigenvalue weighted by atomic mass is 32.2. The van der Waals surface area contributed by atoms with Crippen LogP contribution in [0.25, 0.3) is 0 Å². The summed E-state index contributed by atoms with van der Waals surface area (Å²) in [6.07, 6.45) is 7.67. The summed E-state index contributed by atoms with van der Waals surface area (Å²) in [7, 11) is 4.07. The van der Waals surface area contributed by atoms with Crippen LogP contribution in [-0.4, -0.2) is 62.6 Å². The molecule has 0 aromatic carbocycles. The molecule has 2 N–H and O–H groups in total. The molecule has 0 unspecified atom stereocenters. The highest BCUT2D eigenvalue weighted by Crippen LogP contribution is 2.21. The normalized spacial score (nSPS) is 17.4. The van der Waals surface area contributed by atoms with Gasteiger partial charge >= 0.3 is 0 Å². The molecule has 0 spiro atoms. The Bertz CT molecular complexity index is 239. The lowest BCUT2D eigenvalue weighted by molar-refractivity contribution is 0.249. The van der Waals surface area contributed by atoms with Crippen molar-refractivity contribution in [3.8, 4) is 0 Å². The van der Waals surface area contributed by atoms with Crippen molar-refractivity contribution in [1.82, 2.24) is 15.5 Å². The molecule has 5 heteroatoms. The predicted octanol–water partition coefficient (Wildman–Crippen LogP) is 1.39. The molecule has 106 valence electrons. The summed E-state index contributed by atoms with van der Waals surface area (Å²) in [6.45, 7) is 3.03. The number of rotatable bonds is 7. The molecule has 18 heavy (non-hydrogen) atoms. The average Bonchev–Trinajstić information content (AvgIpc) is 2.91. The Morgan fingerprint density at radius 2 is 1.94 bits per heavy atom. The molecule has 1 aliphatic rings. The Labute approximate surface area is 116 Å². The van der Waals surface area contributed by atoms with Gasteiger partial charge in [0.2, 0.25) is 0 Å². The summed E-state index contributed by atoms with van der Waals surface area (Å²) in [5.41, 5.74) is 0. The Balaban J connectivity index is 2.10. The van der Waals surface area contributed by atoms with Crippen molar-refractivity contribution in [3.05, 3.63) is 0 Å². The van der Waals surface area contributed by atoms with Gasteiger partial charge in [-0.3, -0.25) is 4.99 Å². The third-order valence-corrected chi connectivity index (χ3v) is 4.14. The molecule has 0 aromatic heterocycles. The van der Waals surface area contributed by atoms with Gasteiger partial charge in [-0.2, -0.15) is 11.8 Å². The first-order valence-electron chi connectivity index (χ1n) is 6.91. The second-order valence-electron chi connectivity index (χ2n) is 4.84. The number of hydrogen-bond acceptors (Lipinski definition) is 3. The molecule has 0 radical (unpaired) electrons. The van der Waals surface area contributed by atoms with E-state index in [4.69, 9.17) is 0 Å². The zero-order valence-corrected chi connectivity index (χ0v) is 12.9. The van der Waals surface area contributed by atoms with Gasteiger partial charge in [0.25, 0.3) is 0 Å². The smallest absolute Gasteiger partial charge is 0.191 e. The molecule has 0 saturated heterocycles. The lowest BCUT2D eigenvalue weighted by Crippen LogP contribution is -2.43. The van der Waals surface area contributed by atoms with Crippen molar-refractivity contribution in [2.24, 2.45) is 4.99 Å². The minimum Gasteiger partial charge on any atom is -0.356 e. The third kappa shape index (κ3) is 5.96. The second kappa shape index (κ2) is 9.50. The van der Waals surface area contributed by atoms with Crippen LogP contribution < -0.4 is 10.6 Å². The van der Waals surface area contributed by atoms with Crippen LogP contribution in [0.15, 0.2) is 4.99 Å². The number of nitrogens with zero attached hydrogens (tertiary/aromatic N) is 2. The highest BCUT2D eigenvalue weighted by Gasteiger charge is 2.18. The maximum absolute atomic E-state index is 4.22. The molecule has 0 heterocycles. The highest BCUT2D eigenvalue weighted by molar-refractivity contribution is 7.98. The zero-order valence-electron chi connectivity index (χ0n) is 12.0. The minimum absolute atomic E-state index is 0.804. The van der Waals surface area contributed by atoms with Crippen LogP contribution in [0.4, 0.5) is 0 Å². The molecular formula is C13H28N4S. The zero-order chi connectivity index (χ0) is 13.2. The Kier molecular flexibility index (Phi) is 8.25. The van der Waals surface area contributed by atoms with Crippen LogP contribution in [0.2, 0.25) is 0 Å². The standard InChI is InChI=1S/C13H28N4S/c1-14-13(16-9-11-18-3)15-8-10-17(2)12-6-4-5-7-12/h12H,4-11H2,1-3H3,(H2,14,15,16). The van der Waals surface area contributed by atoms with Crippen LogP contribution in [0, 0.1) is 0 Å². The summed E-state index contributed by atoms with van der Waals surface area (Å²) in [6, 6.07) is 0.804. The van der Waals surface area contributed by atoms with E-state index in [2.05, 4.69) is 33.8 Å². The molecular weight excluding hydrogens is 244 g/mol. The second-order valence-corrected chi connectivity index (χ2v) is 5.82. The molecule has 4 nitrogen and oxygen atoms in total. The lowest BCUT2D eigenvalue weighted by atomic mass is 10.2. The molecule has 0 aromatic rings. The fraction of sp³-hybridized carbons (Fsp3) is 0.923. The number of nitrogens with one attached hydrogen (secondary N) is 2. The SMILES string of the molecule is CN=C(NCCSC)NCCN(C)C1CCCC1. The van der Waals surface area contributed by atoms with Gasteiger partial charge in [-0.05, 0) is 26.1 Å². The Morgan fingerprint density at radius 3 is 2.56 bits per heavy atom. The number of thioether (sulfide) groups is 1. The molecule has 0 bridgehead atoms. The molecule has 0 aliphatic heterocycles. The van der Waals surface area contributed by atoms with E-state index in [1.54, 1.807) is 0 Å². The summed E-state index contributed by atoms with van der Waals surface area (Å²) in [4.78, 5) is 6.70. The first-order chi connectivity index (χ1) is 8.77. The minimum atomic E-state index is 0.804. The molecule has 0 amide bonds. The fourth-order valence-electron chi connectivity index (χ4n) is 2.37.